The maximum Gasteiger partial charge on any atom is 0.345 e. The van der Waals surface area contributed by atoms with Gasteiger partial charge in [-0.1, -0.05) is 32.1 Å². The van der Waals surface area contributed by atoms with E-state index >= 15 is 0 Å². The molecule has 1 aliphatic heterocycles. The van der Waals surface area contributed by atoms with Crippen molar-refractivity contribution in [2.75, 3.05) is 13.2 Å². The zero-order valence-electron chi connectivity index (χ0n) is 15.5. The zero-order valence-corrected chi connectivity index (χ0v) is 15.5. The van der Waals surface area contributed by atoms with Crippen molar-refractivity contribution in [1.82, 2.24) is 0 Å². The number of carbonyl (C=O) groups is 1. The Balaban J connectivity index is 1.95. The van der Waals surface area contributed by atoms with Crippen molar-refractivity contribution >= 4 is 5.97 Å². The van der Waals surface area contributed by atoms with E-state index in [0.717, 1.165) is 24.8 Å². The van der Waals surface area contributed by atoms with Crippen molar-refractivity contribution in [2.45, 2.75) is 57.3 Å². The molecule has 1 saturated heterocycles. The van der Waals surface area contributed by atoms with Gasteiger partial charge in [0.15, 0.2) is 0 Å². The van der Waals surface area contributed by atoms with Crippen LogP contribution >= 0.6 is 0 Å². The fourth-order valence-electron chi connectivity index (χ4n) is 5.45. The number of aliphatic hydroxyl groups is 4. The normalized spacial score (nSPS) is 49.3. The Morgan fingerprint density at radius 1 is 1.27 bits per heavy atom. The summed E-state index contributed by atoms with van der Waals surface area (Å²) >= 11 is 0. The smallest absolute Gasteiger partial charge is 0.345 e. The molecule has 0 radical (unpaired) electrons. The number of allylic oxidation sites excluding steroid dienone is 2. The van der Waals surface area contributed by atoms with Gasteiger partial charge in [0.25, 0.3) is 0 Å². The number of hydrogen-bond donors (Lipinski definition) is 4. The van der Waals surface area contributed by atoms with E-state index in [-0.39, 0.29) is 30.5 Å². The molecule has 146 valence electrons. The second kappa shape index (κ2) is 6.44. The van der Waals surface area contributed by atoms with Gasteiger partial charge in [0.2, 0.25) is 5.60 Å². The van der Waals surface area contributed by atoms with Crippen LogP contribution in [0.3, 0.4) is 0 Å². The van der Waals surface area contributed by atoms with Gasteiger partial charge in [0, 0.05) is 11.3 Å². The van der Waals surface area contributed by atoms with E-state index in [1.165, 1.54) is 6.08 Å². The second-order valence-corrected chi connectivity index (χ2v) is 8.75. The number of rotatable bonds is 3. The molecule has 0 aromatic carbocycles. The maximum absolute atomic E-state index is 11.8. The van der Waals surface area contributed by atoms with Crippen LogP contribution in [0.5, 0.6) is 0 Å². The average molecular weight is 366 g/mol. The van der Waals surface area contributed by atoms with Crippen LogP contribution in [0.1, 0.15) is 39.5 Å². The monoisotopic (exact) mass is 366 g/mol. The van der Waals surface area contributed by atoms with Crippen LogP contribution in [0.2, 0.25) is 0 Å². The van der Waals surface area contributed by atoms with E-state index in [2.05, 4.69) is 13.5 Å². The molecule has 2 saturated carbocycles. The Morgan fingerprint density at radius 3 is 2.54 bits per heavy atom. The SMILES string of the molecule is C=C1CC[C@@H]2[C@](C)(CC[C@H](O)[C@]2(C)CO)[C@H]1/C=C/[C@@]1(O)C(=O)OC[C@@H]1O. The Hall–Kier alpha value is -1.21. The van der Waals surface area contributed by atoms with Gasteiger partial charge in [-0.2, -0.15) is 0 Å². The van der Waals surface area contributed by atoms with Crippen molar-refractivity contribution in [3.8, 4) is 0 Å². The molecule has 2 aliphatic carbocycles. The van der Waals surface area contributed by atoms with Crippen molar-refractivity contribution in [1.29, 1.82) is 0 Å². The summed E-state index contributed by atoms with van der Waals surface area (Å²) in [6.45, 7) is 7.94. The first-order valence-electron chi connectivity index (χ1n) is 9.33. The molecule has 0 aromatic heterocycles. The Kier molecular flexibility index (Phi) is 4.84. The maximum atomic E-state index is 11.8. The number of carbonyl (C=O) groups excluding carboxylic acids is 1. The molecule has 26 heavy (non-hydrogen) atoms. The first-order valence-corrected chi connectivity index (χ1v) is 9.33. The fourth-order valence-corrected chi connectivity index (χ4v) is 5.45. The summed E-state index contributed by atoms with van der Waals surface area (Å²) in [5.41, 5.74) is -1.88. The Labute approximate surface area is 154 Å². The van der Waals surface area contributed by atoms with Gasteiger partial charge in [-0.25, -0.2) is 4.79 Å². The molecule has 0 bridgehead atoms. The summed E-state index contributed by atoms with van der Waals surface area (Å²) in [5.74, 6) is -0.883. The van der Waals surface area contributed by atoms with Crippen molar-refractivity contribution in [3.63, 3.8) is 0 Å². The largest absolute Gasteiger partial charge is 0.460 e. The molecule has 3 aliphatic rings. The highest BCUT2D eigenvalue weighted by Crippen LogP contribution is 2.61. The summed E-state index contributed by atoms with van der Waals surface area (Å²) in [5, 5.41) is 40.9. The average Bonchev–Trinajstić information content (AvgIpc) is 2.85. The number of cyclic esters (lactones) is 1. The summed E-state index contributed by atoms with van der Waals surface area (Å²) in [4.78, 5) is 11.8. The van der Waals surface area contributed by atoms with Crippen LogP contribution < -0.4 is 0 Å². The van der Waals surface area contributed by atoms with Gasteiger partial charge in [-0.15, -0.1) is 0 Å². The highest BCUT2D eigenvalue weighted by atomic mass is 16.6. The quantitative estimate of drug-likeness (QED) is 0.437. The minimum Gasteiger partial charge on any atom is -0.460 e. The topological polar surface area (TPSA) is 107 Å². The number of esters is 1. The van der Waals surface area contributed by atoms with E-state index in [1.54, 1.807) is 6.08 Å². The molecule has 3 rings (SSSR count). The Bertz CT molecular complexity index is 630. The number of fused-ring (bicyclic) bond motifs is 1. The lowest BCUT2D eigenvalue weighted by Gasteiger charge is -2.59. The van der Waals surface area contributed by atoms with Crippen molar-refractivity contribution in [3.05, 3.63) is 24.3 Å². The van der Waals surface area contributed by atoms with E-state index in [9.17, 15) is 25.2 Å². The molecule has 0 spiro atoms. The predicted molar refractivity (Wildman–Crippen MR) is 95.0 cm³/mol. The lowest BCUT2D eigenvalue weighted by molar-refractivity contribution is -0.151. The third kappa shape index (κ3) is 2.66. The minimum atomic E-state index is -2.03. The number of hydrogen-bond acceptors (Lipinski definition) is 6. The fraction of sp³-hybridized carbons (Fsp3) is 0.750. The third-order valence-corrected chi connectivity index (χ3v) is 7.30. The van der Waals surface area contributed by atoms with Gasteiger partial charge in [0.1, 0.15) is 12.7 Å². The van der Waals surface area contributed by atoms with Crippen LogP contribution in [0.4, 0.5) is 0 Å². The molecule has 0 unspecified atom stereocenters. The molecule has 7 atom stereocenters. The highest BCUT2D eigenvalue weighted by Gasteiger charge is 2.57. The molecule has 3 fully saturated rings. The van der Waals surface area contributed by atoms with Gasteiger partial charge in [-0.3, -0.25) is 0 Å². The highest BCUT2D eigenvalue weighted by molar-refractivity contribution is 5.84. The van der Waals surface area contributed by atoms with Gasteiger partial charge in [0.05, 0.1) is 12.7 Å². The molecule has 1 heterocycles. The first-order chi connectivity index (χ1) is 12.1. The van der Waals surface area contributed by atoms with E-state index in [1.807, 2.05) is 6.92 Å². The van der Waals surface area contributed by atoms with Crippen LogP contribution in [0.15, 0.2) is 24.3 Å². The summed E-state index contributed by atoms with van der Waals surface area (Å²) in [6.07, 6.45) is 4.19. The number of aliphatic hydroxyl groups excluding tert-OH is 3. The van der Waals surface area contributed by atoms with Gasteiger partial charge in [-0.05, 0) is 43.1 Å². The molecule has 0 amide bonds. The van der Waals surface area contributed by atoms with Crippen LogP contribution in [-0.2, 0) is 9.53 Å². The lowest BCUT2D eigenvalue weighted by atomic mass is 9.46. The van der Waals surface area contributed by atoms with E-state index < -0.39 is 29.2 Å². The molecule has 4 N–H and O–H groups in total. The van der Waals surface area contributed by atoms with Crippen molar-refractivity contribution in [2.24, 2.45) is 22.7 Å². The standard InChI is InChI=1S/C20H30O6/c1-12-4-5-14-18(2,8-7-15(22)19(14,3)11-21)13(12)6-9-20(25)16(23)10-26-17(20)24/h6,9,13-16,21-23,25H,1,4-5,7-8,10-11H2,2-3H3/b9-6+/t13-,14+,15-,16-,18+,19+,20-/m0/s1. The Morgan fingerprint density at radius 2 is 1.96 bits per heavy atom. The first kappa shape index (κ1) is 19.5. The van der Waals surface area contributed by atoms with Crippen LogP contribution in [0.25, 0.3) is 0 Å². The van der Waals surface area contributed by atoms with Crippen LogP contribution in [0, 0.1) is 22.7 Å². The lowest BCUT2D eigenvalue weighted by Crippen LogP contribution is -2.57. The van der Waals surface area contributed by atoms with Crippen LogP contribution in [-0.4, -0.2) is 57.4 Å². The summed E-state index contributed by atoms with van der Waals surface area (Å²) in [6, 6.07) is 0. The minimum absolute atomic E-state index is 0.0824. The molecule has 6 heteroatoms. The van der Waals surface area contributed by atoms with Gasteiger partial charge < -0.3 is 25.2 Å². The molecular weight excluding hydrogens is 336 g/mol. The summed E-state index contributed by atoms with van der Waals surface area (Å²) < 4.78 is 4.77. The third-order valence-electron chi connectivity index (χ3n) is 7.30. The summed E-state index contributed by atoms with van der Waals surface area (Å²) in [7, 11) is 0. The van der Waals surface area contributed by atoms with Gasteiger partial charge >= 0.3 is 5.97 Å². The zero-order chi connectivity index (χ0) is 19.3. The second-order valence-electron chi connectivity index (χ2n) is 8.75. The predicted octanol–water partition coefficient (Wildman–Crippen LogP) is 0.933. The van der Waals surface area contributed by atoms with E-state index in [4.69, 9.17) is 4.74 Å². The molecular formula is C20H30O6. The molecule has 0 aromatic rings. The van der Waals surface area contributed by atoms with E-state index in [0.29, 0.717) is 6.42 Å². The number of ether oxygens (including phenoxy) is 1. The molecule has 6 nitrogen and oxygen atoms in total. The van der Waals surface area contributed by atoms with Crippen molar-refractivity contribution < 1.29 is 30.0 Å².